The fraction of sp³-hybridized carbons (Fsp3) is 0.545. The van der Waals surface area contributed by atoms with Crippen molar-refractivity contribution in [1.29, 1.82) is 0 Å². The zero-order chi connectivity index (χ0) is 12.3. The Balaban J connectivity index is 1.75. The van der Waals surface area contributed by atoms with Crippen molar-refractivity contribution in [2.75, 3.05) is 18.1 Å². The molecule has 0 bridgehead atoms. The average molecular weight is 255 g/mol. The summed E-state index contributed by atoms with van der Waals surface area (Å²) in [5, 5.41) is 7.34. The summed E-state index contributed by atoms with van der Waals surface area (Å²) >= 11 is 0. The molecule has 1 aliphatic heterocycles. The van der Waals surface area contributed by atoms with Crippen molar-refractivity contribution in [3.8, 4) is 0 Å². The Bertz CT molecular complexity index is 493. The summed E-state index contributed by atoms with van der Waals surface area (Å²) in [6, 6.07) is 0. The van der Waals surface area contributed by atoms with Gasteiger partial charge in [0.25, 0.3) is 0 Å². The van der Waals surface area contributed by atoms with Crippen molar-refractivity contribution < 1.29 is 8.42 Å². The molecule has 0 amide bonds. The van der Waals surface area contributed by atoms with Gasteiger partial charge in [0.1, 0.15) is 0 Å². The van der Waals surface area contributed by atoms with Gasteiger partial charge in [0.2, 0.25) is 0 Å². The van der Waals surface area contributed by atoms with Gasteiger partial charge in [0, 0.05) is 24.5 Å². The van der Waals surface area contributed by atoms with Gasteiger partial charge in [-0.3, -0.25) is 0 Å². The Kier molecular flexibility index (Phi) is 3.63. The van der Waals surface area contributed by atoms with Crippen molar-refractivity contribution in [3.05, 3.63) is 24.5 Å². The van der Waals surface area contributed by atoms with E-state index in [1.807, 2.05) is 6.20 Å². The molecule has 0 spiro atoms. The molecule has 1 atom stereocenters. The molecule has 17 heavy (non-hydrogen) atoms. The third-order valence-electron chi connectivity index (χ3n) is 2.93. The maximum atomic E-state index is 11.3. The highest BCUT2D eigenvalue weighted by Crippen LogP contribution is 2.17. The Morgan fingerprint density at radius 1 is 1.65 bits per heavy atom. The van der Waals surface area contributed by atoms with Gasteiger partial charge >= 0.3 is 0 Å². The van der Waals surface area contributed by atoms with Gasteiger partial charge in [-0.05, 0) is 18.9 Å². The third kappa shape index (κ3) is 3.41. The number of hydrogen-bond donors (Lipinski definition) is 1. The van der Waals surface area contributed by atoms with Crippen LogP contribution in [0.5, 0.6) is 0 Å². The van der Waals surface area contributed by atoms with Crippen LogP contribution in [0.2, 0.25) is 0 Å². The average Bonchev–Trinajstić information content (AvgIpc) is 2.85. The smallest absolute Gasteiger partial charge is 0.150 e. The summed E-state index contributed by atoms with van der Waals surface area (Å²) in [6.07, 6.45) is 6.08. The fourth-order valence-corrected chi connectivity index (χ4v) is 3.88. The molecule has 2 heterocycles. The number of nitrogens with zero attached hydrogens (tertiary/aromatic N) is 2. The number of hydrogen-bond acceptors (Lipinski definition) is 4. The van der Waals surface area contributed by atoms with Crippen molar-refractivity contribution in [3.63, 3.8) is 0 Å². The molecule has 0 aromatic carbocycles. The predicted octanol–water partition coefficient (Wildman–Crippen LogP) is 0.508. The highest BCUT2D eigenvalue weighted by atomic mass is 32.2. The van der Waals surface area contributed by atoms with Gasteiger partial charge in [0.15, 0.2) is 9.84 Å². The minimum absolute atomic E-state index is 0.259. The standard InChI is InChI=1S/C11H17N3O2S/c1-2-14-8-11(7-13-14)6-12-5-10-3-4-17(15,16)9-10/h2,7-8,10,12H,1,3-6,9H2. The third-order valence-corrected chi connectivity index (χ3v) is 4.77. The van der Waals surface area contributed by atoms with Crippen LogP contribution in [0.25, 0.3) is 6.20 Å². The molecule has 0 aliphatic carbocycles. The second-order valence-electron chi connectivity index (χ2n) is 4.41. The summed E-state index contributed by atoms with van der Waals surface area (Å²) in [7, 11) is -2.76. The van der Waals surface area contributed by atoms with Crippen molar-refractivity contribution in [2.24, 2.45) is 5.92 Å². The maximum Gasteiger partial charge on any atom is 0.150 e. The lowest BCUT2D eigenvalue weighted by atomic mass is 10.1. The predicted molar refractivity (Wildman–Crippen MR) is 67.1 cm³/mol. The topological polar surface area (TPSA) is 64.0 Å². The molecule has 0 saturated carbocycles. The summed E-state index contributed by atoms with van der Waals surface area (Å²) in [5.74, 6) is 0.925. The van der Waals surface area contributed by atoms with Crippen LogP contribution in [-0.2, 0) is 16.4 Å². The van der Waals surface area contributed by atoms with E-state index in [2.05, 4.69) is 17.0 Å². The van der Waals surface area contributed by atoms with Crippen LogP contribution in [-0.4, -0.2) is 36.2 Å². The lowest BCUT2D eigenvalue weighted by Gasteiger charge is -2.07. The van der Waals surface area contributed by atoms with Gasteiger partial charge < -0.3 is 5.32 Å². The molecule has 6 heteroatoms. The quantitative estimate of drug-likeness (QED) is 0.832. The van der Waals surface area contributed by atoms with E-state index in [4.69, 9.17) is 0 Å². The minimum atomic E-state index is -2.76. The molecule has 2 rings (SSSR count). The van der Waals surface area contributed by atoms with Crippen LogP contribution in [0.3, 0.4) is 0 Å². The largest absolute Gasteiger partial charge is 0.312 e. The summed E-state index contributed by atoms with van der Waals surface area (Å²) in [4.78, 5) is 0. The molecule has 94 valence electrons. The molecule has 1 aromatic rings. The van der Waals surface area contributed by atoms with E-state index in [0.717, 1.165) is 18.5 Å². The lowest BCUT2D eigenvalue weighted by molar-refractivity contribution is 0.521. The second kappa shape index (κ2) is 5.01. The van der Waals surface area contributed by atoms with E-state index >= 15 is 0 Å². The first-order chi connectivity index (χ1) is 8.09. The first-order valence-corrected chi connectivity index (χ1v) is 7.48. The fourth-order valence-electron chi connectivity index (χ4n) is 2.02. The number of sulfone groups is 1. The SMILES string of the molecule is C=Cn1cc(CNCC2CCS(=O)(=O)C2)cn1. The summed E-state index contributed by atoms with van der Waals surface area (Å²) in [5.41, 5.74) is 1.07. The van der Waals surface area contributed by atoms with Crippen molar-refractivity contribution in [1.82, 2.24) is 15.1 Å². The summed E-state index contributed by atoms with van der Waals surface area (Å²) in [6.45, 7) is 5.08. The van der Waals surface area contributed by atoms with Crippen LogP contribution in [0.1, 0.15) is 12.0 Å². The minimum Gasteiger partial charge on any atom is -0.312 e. The van der Waals surface area contributed by atoms with Crippen molar-refractivity contribution >= 4 is 16.0 Å². The normalized spacial score (nSPS) is 22.7. The monoisotopic (exact) mass is 255 g/mol. The van der Waals surface area contributed by atoms with Crippen LogP contribution in [0, 0.1) is 5.92 Å². The molecule has 1 aromatic heterocycles. The van der Waals surface area contributed by atoms with Crippen LogP contribution in [0.15, 0.2) is 19.0 Å². The zero-order valence-corrected chi connectivity index (χ0v) is 10.5. The molecular formula is C11H17N3O2S. The van der Waals surface area contributed by atoms with Gasteiger partial charge in [-0.25, -0.2) is 13.1 Å². The maximum absolute atomic E-state index is 11.3. The van der Waals surface area contributed by atoms with Gasteiger partial charge in [-0.1, -0.05) is 6.58 Å². The van der Waals surface area contributed by atoms with Gasteiger partial charge in [-0.15, -0.1) is 0 Å². The van der Waals surface area contributed by atoms with E-state index in [1.165, 1.54) is 0 Å². The van der Waals surface area contributed by atoms with E-state index in [9.17, 15) is 8.42 Å². The van der Waals surface area contributed by atoms with E-state index < -0.39 is 9.84 Å². The van der Waals surface area contributed by atoms with Crippen LogP contribution >= 0.6 is 0 Å². The molecule has 1 aliphatic rings. The van der Waals surface area contributed by atoms with E-state index in [0.29, 0.717) is 18.1 Å². The van der Waals surface area contributed by atoms with E-state index in [-0.39, 0.29) is 5.92 Å². The highest BCUT2D eigenvalue weighted by molar-refractivity contribution is 7.91. The van der Waals surface area contributed by atoms with Crippen LogP contribution in [0.4, 0.5) is 0 Å². The molecule has 0 radical (unpaired) electrons. The zero-order valence-electron chi connectivity index (χ0n) is 9.67. The molecule has 1 fully saturated rings. The number of aromatic nitrogens is 2. The second-order valence-corrected chi connectivity index (χ2v) is 6.64. The molecule has 1 unspecified atom stereocenters. The Morgan fingerprint density at radius 3 is 3.06 bits per heavy atom. The van der Waals surface area contributed by atoms with Crippen molar-refractivity contribution in [2.45, 2.75) is 13.0 Å². The molecule has 1 saturated heterocycles. The van der Waals surface area contributed by atoms with Crippen LogP contribution < -0.4 is 5.32 Å². The number of nitrogens with one attached hydrogen (secondary N) is 1. The Hall–Kier alpha value is -1.14. The molecule has 5 nitrogen and oxygen atoms in total. The number of rotatable bonds is 5. The Labute approximate surface area is 101 Å². The first kappa shape index (κ1) is 12.3. The molecular weight excluding hydrogens is 238 g/mol. The van der Waals surface area contributed by atoms with Gasteiger partial charge in [-0.2, -0.15) is 5.10 Å². The lowest BCUT2D eigenvalue weighted by Crippen LogP contribution is -2.23. The molecule has 1 N–H and O–H groups in total. The highest BCUT2D eigenvalue weighted by Gasteiger charge is 2.27. The van der Waals surface area contributed by atoms with Gasteiger partial charge in [0.05, 0.1) is 17.7 Å². The van der Waals surface area contributed by atoms with E-state index in [1.54, 1.807) is 17.1 Å². The summed E-state index contributed by atoms with van der Waals surface area (Å²) < 4.78 is 24.2. The Morgan fingerprint density at radius 2 is 2.47 bits per heavy atom. The first-order valence-electron chi connectivity index (χ1n) is 5.66.